The zero-order valence-electron chi connectivity index (χ0n) is 17.3. The lowest BCUT2D eigenvalue weighted by Crippen LogP contribution is -2.36. The monoisotopic (exact) mass is 431 g/mol. The summed E-state index contributed by atoms with van der Waals surface area (Å²) in [7, 11) is 0. The number of hydrogen-bond acceptors (Lipinski definition) is 6. The van der Waals surface area contributed by atoms with Crippen LogP contribution in [0.15, 0.2) is 84.0 Å². The number of azide groups is 1. The number of nitrogens with zero attached hydrogens (tertiary/aromatic N) is 3. The highest BCUT2D eigenvalue weighted by molar-refractivity contribution is 5.77. The molecule has 0 bridgehead atoms. The van der Waals surface area contributed by atoms with Gasteiger partial charge in [0, 0.05) is 16.0 Å². The number of carbonyl (C=O) groups is 1. The van der Waals surface area contributed by atoms with Crippen LogP contribution in [0, 0.1) is 0 Å². The second kappa shape index (κ2) is 9.01. The summed E-state index contributed by atoms with van der Waals surface area (Å²) >= 11 is 0. The Labute approximate surface area is 184 Å². The van der Waals surface area contributed by atoms with E-state index in [1.807, 2.05) is 60.7 Å². The summed E-state index contributed by atoms with van der Waals surface area (Å²) in [5.74, 6) is -1.15. The van der Waals surface area contributed by atoms with Crippen LogP contribution in [0.1, 0.15) is 29.7 Å². The number of benzene rings is 3. The van der Waals surface area contributed by atoms with Gasteiger partial charge in [0.15, 0.2) is 17.5 Å². The lowest BCUT2D eigenvalue weighted by Gasteiger charge is -2.28. The van der Waals surface area contributed by atoms with E-state index in [1.54, 1.807) is 25.1 Å². The Bertz CT molecular complexity index is 1110. The van der Waals surface area contributed by atoms with Gasteiger partial charge in [-0.05, 0) is 30.2 Å². The summed E-state index contributed by atoms with van der Waals surface area (Å²) in [4.78, 5) is 14.8. The topological polar surface area (TPSA) is 114 Å². The molecule has 0 spiro atoms. The molecule has 0 saturated heterocycles. The number of esters is 1. The molecule has 1 N–H and O–H groups in total. The molecule has 162 valence electrons. The molecule has 2 unspecified atom stereocenters. The molecule has 0 saturated carbocycles. The second-order valence-electron chi connectivity index (χ2n) is 7.11. The number of aliphatic hydroxyl groups is 1. The van der Waals surface area contributed by atoms with Gasteiger partial charge in [-0.2, -0.15) is 0 Å². The standard InChI is InChI=1S/C24H21N3O5/c1-2-30-23(29)21(26-27-25)22(28)16-13-14-19-20(15-16)32-24(31-19,17-9-5-3-6-10-17)18-11-7-4-8-12-18/h3-15,21-22,28H,2H2,1H3. The zero-order chi connectivity index (χ0) is 22.6. The van der Waals surface area contributed by atoms with Crippen LogP contribution in [-0.2, 0) is 15.3 Å². The van der Waals surface area contributed by atoms with Crippen molar-refractivity contribution in [1.82, 2.24) is 0 Å². The van der Waals surface area contributed by atoms with Gasteiger partial charge < -0.3 is 19.3 Å². The minimum Gasteiger partial charge on any atom is -0.466 e. The molecule has 32 heavy (non-hydrogen) atoms. The van der Waals surface area contributed by atoms with E-state index in [9.17, 15) is 9.90 Å². The van der Waals surface area contributed by atoms with Crippen LogP contribution in [0.5, 0.6) is 11.5 Å². The van der Waals surface area contributed by atoms with E-state index in [0.29, 0.717) is 17.1 Å². The largest absolute Gasteiger partial charge is 0.466 e. The van der Waals surface area contributed by atoms with Crippen LogP contribution in [-0.4, -0.2) is 23.7 Å². The third-order valence-electron chi connectivity index (χ3n) is 5.13. The molecule has 1 heterocycles. The quantitative estimate of drug-likeness (QED) is 0.253. The summed E-state index contributed by atoms with van der Waals surface area (Å²) in [6.45, 7) is 1.73. The summed E-state index contributed by atoms with van der Waals surface area (Å²) in [5.41, 5.74) is 10.7. The van der Waals surface area contributed by atoms with Crippen molar-refractivity contribution in [1.29, 1.82) is 0 Å². The van der Waals surface area contributed by atoms with Gasteiger partial charge in [0.25, 0.3) is 0 Å². The Hall–Kier alpha value is -4.00. The highest BCUT2D eigenvalue weighted by Gasteiger charge is 2.45. The van der Waals surface area contributed by atoms with Crippen molar-refractivity contribution in [3.8, 4) is 11.5 Å². The van der Waals surface area contributed by atoms with Gasteiger partial charge in [-0.1, -0.05) is 71.8 Å². The minimum absolute atomic E-state index is 0.0980. The van der Waals surface area contributed by atoms with Crippen LogP contribution in [0.25, 0.3) is 10.4 Å². The number of rotatable bonds is 7. The first-order valence-corrected chi connectivity index (χ1v) is 10.1. The van der Waals surface area contributed by atoms with Gasteiger partial charge in [0.2, 0.25) is 0 Å². The van der Waals surface area contributed by atoms with Gasteiger partial charge in [0.1, 0.15) is 0 Å². The van der Waals surface area contributed by atoms with Crippen molar-refractivity contribution in [2.45, 2.75) is 24.9 Å². The van der Waals surface area contributed by atoms with Gasteiger partial charge in [-0.3, -0.25) is 4.79 Å². The fraction of sp³-hybridized carbons (Fsp3) is 0.208. The zero-order valence-corrected chi connectivity index (χ0v) is 17.3. The maximum Gasteiger partial charge on any atom is 0.317 e. The van der Waals surface area contributed by atoms with E-state index in [2.05, 4.69) is 10.0 Å². The van der Waals surface area contributed by atoms with Gasteiger partial charge in [0.05, 0.1) is 12.7 Å². The first-order valence-electron chi connectivity index (χ1n) is 10.1. The number of ether oxygens (including phenoxy) is 3. The fourth-order valence-corrected chi connectivity index (χ4v) is 3.63. The average molecular weight is 431 g/mol. The second-order valence-corrected chi connectivity index (χ2v) is 7.11. The maximum atomic E-state index is 12.2. The molecule has 3 aromatic carbocycles. The lowest BCUT2D eigenvalue weighted by molar-refractivity contribution is -0.147. The van der Waals surface area contributed by atoms with Crippen molar-refractivity contribution in [3.05, 3.63) is 106 Å². The predicted molar refractivity (Wildman–Crippen MR) is 116 cm³/mol. The summed E-state index contributed by atoms with van der Waals surface area (Å²) in [6.07, 6.45) is -1.41. The van der Waals surface area contributed by atoms with E-state index >= 15 is 0 Å². The molecular formula is C24H21N3O5. The summed E-state index contributed by atoms with van der Waals surface area (Å²) in [6, 6.07) is 22.4. The molecule has 0 aromatic heterocycles. The third kappa shape index (κ3) is 3.85. The average Bonchev–Trinajstić information content (AvgIpc) is 3.23. The first kappa shape index (κ1) is 21.2. The van der Waals surface area contributed by atoms with Gasteiger partial charge in [-0.15, -0.1) is 0 Å². The van der Waals surface area contributed by atoms with Crippen LogP contribution < -0.4 is 9.47 Å². The fourth-order valence-electron chi connectivity index (χ4n) is 3.63. The number of fused-ring (bicyclic) bond motifs is 1. The van der Waals surface area contributed by atoms with Crippen molar-refractivity contribution in [3.63, 3.8) is 0 Å². The van der Waals surface area contributed by atoms with Gasteiger partial charge in [-0.25, -0.2) is 0 Å². The normalized spacial score (nSPS) is 15.3. The predicted octanol–water partition coefficient (Wildman–Crippen LogP) is 4.63. The Kier molecular flexibility index (Phi) is 5.98. The highest BCUT2D eigenvalue weighted by Crippen LogP contribution is 2.48. The van der Waals surface area contributed by atoms with Crippen LogP contribution in [0.4, 0.5) is 0 Å². The Morgan fingerprint density at radius 2 is 1.62 bits per heavy atom. The van der Waals surface area contributed by atoms with Crippen molar-refractivity contribution in [2.75, 3.05) is 6.61 Å². The molecule has 1 aliphatic heterocycles. The molecule has 3 aromatic rings. The van der Waals surface area contributed by atoms with Crippen molar-refractivity contribution < 1.29 is 24.1 Å². The molecular weight excluding hydrogens is 410 g/mol. The molecule has 4 rings (SSSR count). The Morgan fingerprint density at radius 3 is 2.19 bits per heavy atom. The van der Waals surface area contributed by atoms with E-state index in [4.69, 9.17) is 19.7 Å². The first-order chi connectivity index (χ1) is 15.6. The van der Waals surface area contributed by atoms with E-state index < -0.39 is 23.9 Å². The lowest BCUT2D eigenvalue weighted by atomic mass is 9.97. The molecule has 8 nitrogen and oxygen atoms in total. The highest BCUT2D eigenvalue weighted by atomic mass is 16.7. The summed E-state index contributed by atoms with van der Waals surface area (Å²) in [5, 5.41) is 14.2. The summed E-state index contributed by atoms with van der Waals surface area (Å²) < 4.78 is 17.6. The molecule has 0 fully saturated rings. The molecule has 0 radical (unpaired) electrons. The van der Waals surface area contributed by atoms with Crippen LogP contribution in [0.3, 0.4) is 0 Å². The van der Waals surface area contributed by atoms with E-state index in [-0.39, 0.29) is 6.61 Å². The molecule has 1 aliphatic rings. The smallest absolute Gasteiger partial charge is 0.317 e. The van der Waals surface area contributed by atoms with Crippen LogP contribution >= 0.6 is 0 Å². The van der Waals surface area contributed by atoms with E-state index in [1.165, 1.54) is 0 Å². The van der Waals surface area contributed by atoms with Crippen molar-refractivity contribution in [2.24, 2.45) is 5.11 Å². The van der Waals surface area contributed by atoms with Crippen molar-refractivity contribution >= 4 is 5.97 Å². The van der Waals surface area contributed by atoms with Crippen LogP contribution in [0.2, 0.25) is 0 Å². The molecule has 2 atom stereocenters. The molecule has 0 amide bonds. The number of carbonyl (C=O) groups excluding carboxylic acids is 1. The third-order valence-corrected chi connectivity index (χ3v) is 5.13. The molecule has 0 aliphatic carbocycles. The number of hydrogen-bond donors (Lipinski definition) is 1. The Balaban J connectivity index is 1.72. The van der Waals surface area contributed by atoms with Gasteiger partial charge >= 0.3 is 11.8 Å². The SMILES string of the molecule is CCOC(=O)C(N=[N+]=[N-])C(O)c1ccc2c(c1)OC(c1ccccc1)(c1ccccc1)O2. The Morgan fingerprint density at radius 1 is 1.03 bits per heavy atom. The number of aliphatic hydroxyl groups excluding tert-OH is 1. The molecule has 8 heteroatoms. The maximum absolute atomic E-state index is 12.2. The minimum atomic E-state index is -1.42. The van der Waals surface area contributed by atoms with E-state index in [0.717, 1.165) is 11.1 Å².